The Morgan fingerprint density at radius 3 is 2.25 bits per heavy atom. The summed E-state index contributed by atoms with van der Waals surface area (Å²) in [4.78, 5) is 14.0. The van der Waals surface area contributed by atoms with Crippen molar-refractivity contribution >= 4 is 24.0 Å². The van der Waals surface area contributed by atoms with E-state index in [1.165, 1.54) is 18.1 Å². The molecule has 0 radical (unpaired) electrons. The lowest BCUT2D eigenvalue weighted by molar-refractivity contribution is -0.110. The molecule has 0 aromatic heterocycles. The molecule has 24 heavy (non-hydrogen) atoms. The van der Waals surface area contributed by atoms with Crippen LogP contribution in [0.15, 0.2) is 66.6 Å². The van der Waals surface area contributed by atoms with Crippen molar-refractivity contribution < 1.29 is 9.53 Å². The number of rotatable bonds is 8. The van der Waals surface area contributed by atoms with Gasteiger partial charge in [-0.15, -0.1) is 6.58 Å². The molecule has 136 valence electrons. The van der Waals surface area contributed by atoms with Crippen LogP contribution in [0.4, 0.5) is 0 Å². The molecule has 0 rings (SSSR count). The first-order chi connectivity index (χ1) is 11.6. The maximum absolute atomic E-state index is 10.1. The molecule has 0 unspecified atom stereocenters. The zero-order valence-electron chi connectivity index (χ0n) is 15.4. The van der Waals surface area contributed by atoms with Gasteiger partial charge in [-0.3, -0.25) is 20.6 Å². The number of carbonyl (C=O) groups is 1. The van der Waals surface area contributed by atoms with Gasteiger partial charge in [-0.2, -0.15) is 11.8 Å². The van der Waals surface area contributed by atoms with Gasteiger partial charge in [0.05, 0.1) is 6.26 Å². The molecule has 0 bridgehead atoms. The van der Waals surface area contributed by atoms with Gasteiger partial charge in [-0.25, -0.2) is 0 Å². The van der Waals surface area contributed by atoms with E-state index in [0.717, 1.165) is 0 Å². The monoisotopic (exact) mass is 353 g/mol. The number of ether oxygens (including phenoxy) is 1. The van der Waals surface area contributed by atoms with E-state index in [0.29, 0.717) is 18.0 Å². The molecule has 0 atom stereocenters. The number of hydrazine groups is 1. The third-order valence-corrected chi connectivity index (χ3v) is 2.43. The Labute approximate surface area is 151 Å². The van der Waals surface area contributed by atoms with Crippen LogP contribution in [0.5, 0.6) is 0 Å². The van der Waals surface area contributed by atoms with Gasteiger partial charge >= 0.3 is 0 Å². The number of amides is 1. The molecule has 0 aliphatic rings. The van der Waals surface area contributed by atoms with E-state index in [1.807, 2.05) is 37.8 Å². The van der Waals surface area contributed by atoms with Gasteiger partial charge in [0.25, 0.3) is 0 Å². The summed E-state index contributed by atoms with van der Waals surface area (Å²) in [6, 6.07) is 0. The molecule has 0 aromatic carbocycles. The lowest BCUT2D eigenvalue weighted by Gasteiger charge is -2.05. The molecule has 0 aliphatic carbocycles. The topological polar surface area (TPSA) is 62.7 Å². The van der Waals surface area contributed by atoms with Crippen LogP contribution in [-0.4, -0.2) is 31.3 Å². The highest BCUT2D eigenvalue weighted by molar-refractivity contribution is 7.98. The van der Waals surface area contributed by atoms with Crippen LogP contribution in [0, 0.1) is 0 Å². The highest BCUT2D eigenvalue weighted by Crippen LogP contribution is 1.99. The average Bonchev–Trinajstić information content (AvgIpc) is 2.61. The normalized spacial score (nSPS) is 10.9. The third-order valence-electron chi connectivity index (χ3n) is 1.86. The molecular weight excluding hydrogens is 322 g/mol. The van der Waals surface area contributed by atoms with Crippen molar-refractivity contribution in [1.29, 1.82) is 0 Å². The van der Waals surface area contributed by atoms with Crippen LogP contribution in [-0.2, 0) is 9.53 Å². The summed E-state index contributed by atoms with van der Waals surface area (Å²) in [7, 11) is 1.59. The molecule has 0 fully saturated rings. The summed E-state index contributed by atoms with van der Waals surface area (Å²) in [6.45, 7) is 12.9. The highest BCUT2D eigenvalue weighted by atomic mass is 32.2. The minimum atomic E-state index is 0.450. The van der Waals surface area contributed by atoms with Gasteiger partial charge in [-0.1, -0.05) is 31.7 Å². The number of amidine groups is 1. The van der Waals surface area contributed by atoms with Gasteiger partial charge in [0.15, 0.2) is 0 Å². The van der Waals surface area contributed by atoms with Crippen molar-refractivity contribution in [2.75, 3.05) is 19.1 Å². The van der Waals surface area contributed by atoms with E-state index in [2.05, 4.69) is 42.2 Å². The van der Waals surface area contributed by atoms with E-state index in [9.17, 15) is 4.79 Å². The predicted octanol–water partition coefficient (Wildman–Crippen LogP) is 4.00. The Morgan fingerprint density at radius 1 is 1.29 bits per heavy atom. The molecule has 0 aromatic rings. The number of thioether (sulfide) groups is 1. The predicted molar refractivity (Wildman–Crippen MR) is 109 cm³/mol. The molecule has 2 N–H and O–H groups in total. The van der Waals surface area contributed by atoms with Crippen LogP contribution < -0.4 is 10.9 Å². The Bertz CT molecular complexity index is 426. The summed E-state index contributed by atoms with van der Waals surface area (Å²) in [5, 5.41) is 0. The lowest BCUT2D eigenvalue weighted by Crippen LogP contribution is -2.35. The Morgan fingerprint density at radius 2 is 1.88 bits per heavy atom. The fourth-order valence-corrected chi connectivity index (χ4v) is 0.810. The maximum Gasteiger partial charge on any atom is 0.225 e. The van der Waals surface area contributed by atoms with Gasteiger partial charge < -0.3 is 4.74 Å². The summed E-state index contributed by atoms with van der Waals surface area (Å²) in [5.41, 5.74) is 4.86. The third kappa shape index (κ3) is 24.8. The van der Waals surface area contributed by atoms with Crippen LogP contribution in [0.2, 0.25) is 0 Å². The first-order valence-electron chi connectivity index (χ1n) is 7.38. The average molecular weight is 354 g/mol. The Hall–Kier alpha value is -2.21. The molecule has 0 saturated heterocycles. The quantitative estimate of drug-likeness (QED) is 0.132. The number of nitrogens with zero attached hydrogens (tertiary/aromatic N) is 1. The summed E-state index contributed by atoms with van der Waals surface area (Å²) >= 11 is 1.86. The second kappa shape index (κ2) is 25.7. The fourth-order valence-electron chi connectivity index (χ4n) is 0.810. The van der Waals surface area contributed by atoms with E-state index in [4.69, 9.17) is 4.74 Å². The molecule has 6 heteroatoms. The molecule has 1 amide bonds. The minimum Gasteiger partial charge on any atom is -0.465 e. The molecule has 0 saturated carbocycles. The largest absolute Gasteiger partial charge is 0.465 e. The minimum absolute atomic E-state index is 0.450. The first-order valence-corrected chi connectivity index (χ1v) is 8.77. The van der Waals surface area contributed by atoms with Crippen LogP contribution >= 0.6 is 11.8 Å². The van der Waals surface area contributed by atoms with Crippen LogP contribution in [0.25, 0.3) is 0 Å². The first kappa shape index (κ1) is 26.7. The summed E-state index contributed by atoms with van der Waals surface area (Å²) in [5.74, 6) is 2.19. The fraction of sp³-hybridized carbons (Fsp3) is 0.333. The summed E-state index contributed by atoms with van der Waals surface area (Å²) < 4.78 is 5.28. The van der Waals surface area contributed by atoms with Crippen molar-refractivity contribution in [3.05, 3.63) is 61.6 Å². The molecule has 0 heterocycles. The smallest absolute Gasteiger partial charge is 0.225 e. The number of nitrogens with one attached hydrogen (secondary N) is 2. The van der Waals surface area contributed by atoms with Crippen molar-refractivity contribution in [1.82, 2.24) is 10.9 Å². The van der Waals surface area contributed by atoms with E-state index < -0.39 is 0 Å². The number of hydrogen-bond acceptors (Lipinski definition) is 4. The molecular formula is C18H31N3O2S. The molecule has 0 aliphatic heterocycles. The summed E-state index contributed by atoms with van der Waals surface area (Å²) in [6.07, 6.45) is 14.5. The van der Waals surface area contributed by atoms with E-state index >= 15 is 0 Å². The number of carbonyl (C=O) groups excluding carboxylic acids is 1. The second-order valence-corrected chi connectivity index (χ2v) is 4.86. The zero-order chi connectivity index (χ0) is 19.1. The van der Waals surface area contributed by atoms with Gasteiger partial charge in [-0.05, 0) is 38.0 Å². The standard InChI is InChI=1S/C12H17N3O2.C3H8S.C3H6/c1-4-6-7-8-17-11(5-2)9-12(13-3)15-14-10-16;1-3-4-2;1-3-2/h4-10H,2H2,1,3H3,(H,13,15)(H,14,16);3H2,1-2H3;3H,1H2,2H3/b6-4-,8-7+,11-9-;;. The lowest BCUT2D eigenvalue weighted by atomic mass is 10.4. The zero-order valence-corrected chi connectivity index (χ0v) is 16.2. The van der Waals surface area contributed by atoms with Crippen LogP contribution in [0.1, 0.15) is 20.8 Å². The Balaban J connectivity index is -0.000000531. The van der Waals surface area contributed by atoms with E-state index in [1.54, 1.807) is 25.3 Å². The van der Waals surface area contributed by atoms with Crippen molar-refractivity contribution in [3.63, 3.8) is 0 Å². The second-order valence-electron chi connectivity index (χ2n) is 3.70. The number of aliphatic imine (C=N–C) groups is 1. The number of allylic oxidation sites excluding steroid dienone is 5. The van der Waals surface area contributed by atoms with Crippen molar-refractivity contribution in [2.24, 2.45) is 4.99 Å². The number of hydrogen-bond donors (Lipinski definition) is 2. The SMILES string of the molecule is C=C/C(=C/C(=NC)NNC=O)O/C=C/C=C\C.C=CC.CCSC. The van der Waals surface area contributed by atoms with Gasteiger partial charge in [0.1, 0.15) is 11.6 Å². The van der Waals surface area contributed by atoms with Crippen LogP contribution in [0.3, 0.4) is 0 Å². The van der Waals surface area contributed by atoms with Gasteiger partial charge in [0.2, 0.25) is 6.41 Å². The van der Waals surface area contributed by atoms with E-state index in [-0.39, 0.29) is 0 Å². The maximum atomic E-state index is 10.1. The van der Waals surface area contributed by atoms with Crippen molar-refractivity contribution in [3.8, 4) is 0 Å². The Kier molecular flexibility index (Phi) is 28.6. The molecule has 5 nitrogen and oxygen atoms in total. The van der Waals surface area contributed by atoms with Crippen molar-refractivity contribution in [2.45, 2.75) is 20.8 Å². The highest BCUT2D eigenvalue weighted by Gasteiger charge is 1.95. The van der Waals surface area contributed by atoms with Gasteiger partial charge in [0, 0.05) is 13.1 Å². The molecule has 0 spiro atoms.